The topological polar surface area (TPSA) is 51.2 Å². The Kier molecular flexibility index (Phi) is 3.36. The van der Waals surface area contributed by atoms with Crippen LogP contribution in [0, 0.1) is 11.7 Å². The van der Waals surface area contributed by atoms with Gasteiger partial charge < -0.3 is 0 Å². The minimum Gasteiger partial charge on any atom is -0.294 e. The van der Waals surface area contributed by atoms with E-state index < -0.39 is 27.4 Å². The summed E-state index contributed by atoms with van der Waals surface area (Å²) in [7, 11) is -3.12. The van der Waals surface area contributed by atoms with Crippen LogP contribution in [0.2, 0.25) is 0 Å². The summed E-state index contributed by atoms with van der Waals surface area (Å²) >= 11 is 3.10. The SMILES string of the molecule is O=C(c1ccc(Br)cc1F)C1CCS(=O)(=O)C1. The van der Waals surface area contributed by atoms with Gasteiger partial charge in [-0.2, -0.15) is 0 Å². The first-order valence-corrected chi connectivity index (χ1v) is 7.70. The molecule has 0 bridgehead atoms. The average molecular weight is 321 g/mol. The Labute approximate surface area is 107 Å². The Morgan fingerprint density at radius 3 is 2.65 bits per heavy atom. The fourth-order valence-electron chi connectivity index (χ4n) is 1.91. The van der Waals surface area contributed by atoms with Gasteiger partial charge in [0.2, 0.25) is 0 Å². The molecule has 1 heterocycles. The molecule has 3 nitrogen and oxygen atoms in total. The molecule has 0 aromatic heterocycles. The van der Waals surface area contributed by atoms with E-state index in [9.17, 15) is 17.6 Å². The van der Waals surface area contributed by atoms with Gasteiger partial charge in [0.1, 0.15) is 5.82 Å². The highest BCUT2D eigenvalue weighted by atomic mass is 79.9. The van der Waals surface area contributed by atoms with Crippen molar-refractivity contribution in [3.8, 4) is 0 Å². The van der Waals surface area contributed by atoms with Crippen LogP contribution in [0.5, 0.6) is 0 Å². The average Bonchev–Trinajstić information content (AvgIpc) is 2.58. The summed E-state index contributed by atoms with van der Waals surface area (Å²) in [5.41, 5.74) is -0.0321. The lowest BCUT2D eigenvalue weighted by Crippen LogP contribution is -2.17. The Bertz CT molecular complexity index is 568. The lowest BCUT2D eigenvalue weighted by Gasteiger charge is -2.07. The fraction of sp³-hybridized carbons (Fsp3) is 0.364. The molecule has 92 valence electrons. The van der Waals surface area contributed by atoms with E-state index in [0.29, 0.717) is 4.47 Å². The summed E-state index contributed by atoms with van der Waals surface area (Å²) in [6.07, 6.45) is 0.288. The smallest absolute Gasteiger partial charge is 0.169 e. The minimum atomic E-state index is -3.12. The van der Waals surface area contributed by atoms with Crippen molar-refractivity contribution in [3.05, 3.63) is 34.1 Å². The molecule has 0 radical (unpaired) electrons. The molecule has 1 unspecified atom stereocenters. The summed E-state index contributed by atoms with van der Waals surface area (Å²) in [5, 5.41) is 0. The highest BCUT2D eigenvalue weighted by Crippen LogP contribution is 2.25. The van der Waals surface area contributed by atoms with Crippen molar-refractivity contribution in [2.75, 3.05) is 11.5 Å². The molecule has 1 aromatic rings. The summed E-state index contributed by atoms with van der Waals surface area (Å²) < 4.78 is 36.6. The second kappa shape index (κ2) is 4.49. The molecule has 0 spiro atoms. The third-order valence-electron chi connectivity index (χ3n) is 2.80. The van der Waals surface area contributed by atoms with Gasteiger partial charge in [-0.05, 0) is 24.6 Å². The zero-order valence-corrected chi connectivity index (χ0v) is 11.2. The first-order chi connectivity index (χ1) is 7.89. The van der Waals surface area contributed by atoms with Gasteiger partial charge in [0.15, 0.2) is 15.6 Å². The van der Waals surface area contributed by atoms with E-state index in [4.69, 9.17) is 0 Å². The number of ketones is 1. The van der Waals surface area contributed by atoms with Gasteiger partial charge in [-0.15, -0.1) is 0 Å². The van der Waals surface area contributed by atoms with Crippen molar-refractivity contribution in [2.24, 2.45) is 5.92 Å². The molecule has 1 aliphatic heterocycles. The number of benzene rings is 1. The molecule has 1 fully saturated rings. The van der Waals surface area contributed by atoms with Gasteiger partial charge in [0.25, 0.3) is 0 Å². The quantitative estimate of drug-likeness (QED) is 0.785. The van der Waals surface area contributed by atoms with Crippen molar-refractivity contribution >= 4 is 31.6 Å². The van der Waals surface area contributed by atoms with Crippen LogP contribution in [0.1, 0.15) is 16.8 Å². The molecule has 0 aliphatic carbocycles. The van der Waals surface area contributed by atoms with E-state index in [2.05, 4.69) is 15.9 Å². The second-order valence-corrected chi connectivity index (χ2v) is 7.23. The lowest BCUT2D eigenvalue weighted by molar-refractivity contribution is 0.0929. The predicted molar refractivity (Wildman–Crippen MR) is 65.2 cm³/mol. The lowest BCUT2D eigenvalue weighted by atomic mass is 9.97. The number of carbonyl (C=O) groups excluding carboxylic acids is 1. The van der Waals surface area contributed by atoms with Crippen molar-refractivity contribution in [1.29, 1.82) is 0 Å². The molecule has 2 rings (SSSR count). The zero-order chi connectivity index (χ0) is 12.6. The Morgan fingerprint density at radius 2 is 2.12 bits per heavy atom. The standard InChI is InChI=1S/C11H10BrFO3S/c12-8-1-2-9(10(13)5-8)11(14)7-3-4-17(15,16)6-7/h1-2,5,7H,3-4,6H2. The third-order valence-corrected chi connectivity index (χ3v) is 5.06. The Hall–Kier alpha value is -0.750. The molecule has 1 saturated heterocycles. The number of Topliss-reactive ketones (excluding diaryl/α,β-unsaturated/α-hetero) is 1. The van der Waals surface area contributed by atoms with Crippen LogP contribution >= 0.6 is 15.9 Å². The van der Waals surface area contributed by atoms with Gasteiger partial charge in [0, 0.05) is 10.4 Å². The Morgan fingerprint density at radius 1 is 1.41 bits per heavy atom. The summed E-state index contributed by atoms with van der Waals surface area (Å²) in [5.74, 6) is -1.79. The number of rotatable bonds is 2. The van der Waals surface area contributed by atoms with Gasteiger partial charge in [-0.3, -0.25) is 4.79 Å². The summed E-state index contributed by atoms with van der Waals surface area (Å²) in [6, 6.07) is 4.16. The van der Waals surface area contributed by atoms with Crippen LogP contribution in [-0.2, 0) is 9.84 Å². The van der Waals surface area contributed by atoms with Crippen LogP contribution in [0.4, 0.5) is 4.39 Å². The normalized spacial score (nSPS) is 22.6. The van der Waals surface area contributed by atoms with E-state index in [-0.39, 0.29) is 23.5 Å². The molecule has 17 heavy (non-hydrogen) atoms. The first-order valence-electron chi connectivity index (χ1n) is 5.09. The van der Waals surface area contributed by atoms with Gasteiger partial charge in [0.05, 0.1) is 17.1 Å². The number of sulfone groups is 1. The maximum Gasteiger partial charge on any atom is 0.169 e. The van der Waals surface area contributed by atoms with E-state index in [1.165, 1.54) is 12.1 Å². The van der Waals surface area contributed by atoms with Crippen molar-refractivity contribution in [1.82, 2.24) is 0 Å². The molecule has 0 saturated carbocycles. The maximum absolute atomic E-state index is 13.5. The van der Waals surface area contributed by atoms with Crippen molar-refractivity contribution < 1.29 is 17.6 Å². The Balaban J connectivity index is 2.27. The van der Waals surface area contributed by atoms with Crippen LogP contribution in [-0.4, -0.2) is 25.7 Å². The molecule has 0 N–H and O–H groups in total. The monoisotopic (exact) mass is 320 g/mol. The van der Waals surface area contributed by atoms with Crippen LogP contribution in [0.3, 0.4) is 0 Å². The fourth-order valence-corrected chi connectivity index (χ4v) is 3.99. The predicted octanol–water partition coefficient (Wildman–Crippen LogP) is 2.21. The van der Waals surface area contributed by atoms with E-state index in [0.717, 1.165) is 0 Å². The maximum atomic E-state index is 13.5. The largest absolute Gasteiger partial charge is 0.294 e. The first kappa shape index (κ1) is 12.7. The number of hydrogen-bond donors (Lipinski definition) is 0. The number of halogens is 2. The zero-order valence-electron chi connectivity index (χ0n) is 8.82. The van der Waals surface area contributed by atoms with Gasteiger partial charge in [-0.25, -0.2) is 12.8 Å². The molecule has 6 heteroatoms. The van der Waals surface area contributed by atoms with Crippen LogP contribution in [0.15, 0.2) is 22.7 Å². The van der Waals surface area contributed by atoms with E-state index >= 15 is 0 Å². The van der Waals surface area contributed by atoms with Crippen molar-refractivity contribution in [2.45, 2.75) is 6.42 Å². The number of hydrogen-bond acceptors (Lipinski definition) is 3. The summed E-state index contributed by atoms with van der Waals surface area (Å²) in [4.78, 5) is 11.9. The van der Waals surface area contributed by atoms with E-state index in [1.54, 1.807) is 6.07 Å². The van der Waals surface area contributed by atoms with Gasteiger partial charge in [-0.1, -0.05) is 15.9 Å². The van der Waals surface area contributed by atoms with E-state index in [1.807, 2.05) is 0 Å². The molecular weight excluding hydrogens is 311 g/mol. The molecule has 1 aliphatic rings. The second-order valence-electron chi connectivity index (χ2n) is 4.09. The van der Waals surface area contributed by atoms with Crippen LogP contribution < -0.4 is 0 Å². The molecule has 1 atom stereocenters. The highest BCUT2D eigenvalue weighted by Gasteiger charge is 2.34. The third kappa shape index (κ3) is 2.74. The van der Waals surface area contributed by atoms with Gasteiger partial charge >= 0.3 is 0 Å². The summed E-state index contributed by atoms with van der Waals surface area (Å²) in [6.45, 7) is 0. The number of carbonyl (C=O) groups is 1. The van der Waals surface area contributed by atoms with Crippen LogP contribution in [0.25, 0.3) is 0 Å². The van der Waals surface area contributed by atoms with Crippen molar-refractivity contribution in [3.63, 3.8) is 0 Å². The molecular formula is C11H10BrFO3S. The highest BCUT2D eigenvalue weighted by molar-refractivity contribution is 9.10. The minimum absolute atomic E-state index is 0.0154. The molecule has 1 aromatic carbocycles. The molecule has 0 amide bonds.